The molecule has 1 heterocycles. The molecular weight excluding hydrogens is 252 g/mol. The summed E-state index contributed by atoms with van der Waals surface area (Å²) in [4.78, 5) is 14.3. The van der Waals surface area contributed by atoms with Gasteiger partial charge in [-0.25, -0.2) is 0 Å². The second kappa shape index (κ2) is 5.94. The Morgan fingerprint density at radius 1 is 1.40 bits per heavy atom. The number of carbonyl (C=O) groups is 1. The van der Waals surface area contributed by atoms with Gasteiger partial charge in [-0.05, 0) is 30.2 Å². The van der Waals surface area contributed by atoms with Gasteiger partial charge < -0.3 is 15.0 Å². The molecule has 1 aromatic carbocycles. The molecule has 1 aliphatic heterocycles. The lowest BCUT2D eigenvalue weighted by Gasteiger charge is -2.29. The summed E-state index contributed by atoms with van der Waals surface area (Å²) in [5.41, 5.74) is 2.11. The quantitative estimate of drug-likeness (QED) is 0.901. The monoisotopic (exact) mass is 276 g/mol. The number of rotatable bonds is 2. The molecule has 0 saturated carbocycles. The first-order chi connectivity index (χ1) is 9.36. The molecule has 4 nitrogen and oxygen atoms in total. The van der Waals surface area contributed by atoms with Crippen molar-refractivity contribution in [3.8, 4) is 0 Å². The highest BCUT2D eigenvalue weighted by Gasteiger charge is 2.25. The molecule has 1 N–H and O–H groups in total. The van der Waals surface area contributed by atoms with E-state index in [1.807, 2.05) is 25.2 Å². The number of benzene rings is 1. The van der Waals surface area contributed by atoms with E-state index in [0.717, 1.165) is 12.2 Å². The van der Waals surface area contributed by atoms with Crippen LogP contribution in [0.2, 0.25) is 0 Å². The molecule has 1 fully saturated rings. The van der Waals surface area contributed by atoms with Gasteiger partial charge in [-0.1, -0.05) is 32.9 Å². The van der Waals surface area contributed by atoms with Crippen molar-refractivity contribution in [1.82, 2.24) is 4.90 Å². The molecule has 4 heteroatoms. The number of amides is 1. The minimum atomic E-state index is -0.382. The summed E-state index contributed by atoms with van der Waals surface area (Å²) in [5.74, 6) is -0.0670. The lowest BCUT2D eigenvalue weighted by Crippen LogP contribution is -2.46. The molecule has 0 radical (unpaired) electrons. The first-order valence-corrected chi connectivity index (χ1v) is 7.08. The lowest BCUT2D eigenvalue weighted by atomic mass is 9.87. The molecule has 0 aromatic heterocycles. The number of nitrogens with one attached hydrogen (secondary N) is 1. The fraction of sp³-hybridized carbons (Fsp3) is 0.562. The molecule has 1 aromatic rings. The van der Waals surface area contributed by atoms with E-state index in [9.17, 15) is 4.79 Å². The predicted octanol–water partition coefficient (Wildman–Crippen LogP) is 2.25. The number of hydrogen-bond donors (Lipinski definition) is 1. The van der Waals surface area contributed by atoms with Crippen LogP contribution in [0.4, 0.5) is 5.69 Å². The first-order valence-electron chi connectivity index (χ1n) is 7.08. The van der Waals surface area contributed by atoms with Gasteiger partial charge in [0.15, 0.2) is 0 Å². The predicted molar refractivity (Wildman–Crippen MR) is 81.0 cm³/mol. The van der Waals surface area contributed by atoms with Crippen LogP contribution in [0.5, 0.6) is 0 Å². The molecule has 1 aliphatic rings. The molecule has 2 rings (SSSR count). The Hall–Kier alpha value is -1.39. The highest BCUT2D eigenvalue weighted by molar-refractivity contribution is 5.94. The van der Waals surface area contributed by atoms with Gasteiger partial charge in [-0.3, -0.25) is 4.79 Å². The van der Waals surface area contributed by atoms with Crippen LogP contribution in [-0.4, -0.2) is 43.7 Å². The van der Waals surface area contributed by atoms with Gasteiger partial charge in [0.1, 0.15) is 6.10 Å². The van der Waals surface area contributed by atoms with Crippen molar-refractivity contribution >= 4 is 11.6 Å². The van der Waals surface area contributed by atoms with Crippen LogP contribution in [0.3, 0.4) is 0 Å². The van der Waals surface area contributed by atoms with Crippen molar-refractivity contribution in [1.29, 1.82) is 0 Å². The molecule has 1 atom stereocenters. The number of morpholine rings is 1. The summed E-state index contributed by atoms with van der Waals surface area (Å²) in [5, 5.41) is 2.95. The average molecular weight is 276 g/mol. The van der Waals surface area contributed by atoms with Crippen LogP contribution in [-0.2, 0) is 14.9 Å². The number of ether oxygens (including phenoxy) is 1. The summed E-state index contributed by atoms with van der Waals surface area (Å²) in [6.07, 6.45) is -0.382. The molecule has 0 bridgehead atoms. The lowest BCUT2D eigenvalue weighted by molar-refractivity contribution is -0.132. The minimum absolute atomic E-state index is 0.0670. The van der Waals surface area contributed by atoms with Crippen molar-refractivity contribution in [3.05, 3.63) is 29.8 Å². The van der Waals surface area contributed by atoms with Crippen molar-refractivity contribution in [3.63, 3.8) is 0 Å². The molecular formula is C16H24N2O2. The molecule has 110 valence electrons. The molecule has 1 unspecified atom stereocenters. The molecule has 0 aliphatic carbocycles. The maximum absolute atomic E-state index is 12.2. The average Bonchev–Trinajstić information content (AvgIpc) is 2.38. The highest BCUT2D eigenvalue weighted by atomic mass is 16.5. The van der Waals surface area contributed by atoms with Gasteiger partial charge in [-0.15, -0.1) is 0 Å². The van der Waals surface area contributed by atoms with Crippen molar-refractivity contribution < 1.29 is 9.53 Å². The fourth-order valence-corrected chi connectivity index (χ4v) is 2.22. The van der Waals surface area contributed by atoms with E-state index >= 15 is 0 Å². The molecule has 1 amide bonds. The SMILES string of the molecule is CN1CCOC(C(=O)Nc2cccc(C(C)(C)C)c2)C1. The van der Waals surface area contributed by atoms with E-state index < -0.39 is 0 Å². The summed E-state index contributed by atoms with van der Waals surface area (Å²) < 4.78 is 5.53. The molecule has 1 saturated heterocycles. The summed E-state index contributed by atoms with van der Waals surface area (Å²) in [7, 11) is 2.00. The minimum Gasteiger partial charge on any atom is -0.366 e. The smallest absolute Gasteiger partial charge is 0.254 e. The number of carbonyl (C=O) groups excluding carboxylic acids is 1. The Balaban J connectivity index is 2.04. The third kappa shape index (κ3) is 3.81. The standard InChI is InChI=1S/C16H24N2O2/c1-16(2,3)12-6-5-7-13(10-12)17-15(19)14-11-18(4)8-9-20-14/h5-7,10,14H,8-9,11H2,1-4H3,(H,17,19). The Bertz CT molecular complexity index is 480. The van der Waals surface area contributed by atoms with E-state index in [0.29, 0.717) is 13.2 Å². The molecule has 20 heavy (non-hydrogen) atoms. The van der Waals surface area contributed by atoms with Crippen LogP contribution < -0.4 is 5.32 Å². The maximum Gasteiger partial charge on any atom is 0.254 e. The van der Waals surface area contributed by atoms with E-state index in [1.165, 1.54) is 5.56 Å². The van der Waals surface area contributed by atoms with Gasteiger partial charge in [-0.2, -0.15) is 0 Å². The zero-order chi connectivity index (χ0) is 14.8. The van der Waals surface area contributed by atoms with Gasteiger partial charge in [0.05, 0.1) is 6.61 Å². The Labute approximate surface area is 121 Å². The Kier molecular flexibility index (Phi) is 4.45. The van der Waals surface area contributed by atoms with Crippen LogP contribution >= 0.6 is 0 Å². The number of hydrogen-bond acceptors (Lipinski definition) is 3. The van der Waals surface area contributed by atoms with Gasteiger partial charge >= 0.3 is 0 Å². The van der Waals surface area contributed by atoms with E-state index in [4.69, 9.17) is 4.74 Å². The summed E-state index contributed by atoms with van der Waals surface area (Å²) in [6.45, 7) is 8.61. The van der Waals surface area contributed by atoms with E-state index in [-0.39, 0.29) is 17.4 Å². The van der Waals surface area contributed by atoms with Crippen LogP contribution in [0.15, 0.2) is 24.3 Å². The highest BCUT2D eigenvalue weighted by Crippen LogP contribution is 2.24. The topological polar surface area (TPSA) is 41.6 Å². The maximum atomic E-state index is 12.2. The van der Waals surface area contributed by atoms with Crippen molar-refractivity contribution in [2.24, 2.45) is 0 Å². The van der Waals surface area contributed by atoms with Gasteiger partial charge in [0.2, 0.25) is 0 Å². The Morgan fingerprint density at radius 3 is 2.80 bits per heavy atom. The second-order valence-electron chi connectivity index (χ2n) is 6.44. The van der Waals surface area contributed by atoms with Crippen LogP contribution in [0.25, 0.3) is 0 Å². The fourth-order valence-electron chi connectivity index (χ4n) is 2.22. The normalized spacial score (nSPS) is 20.7. The van der Waals surface area contributed by atoms with Crippen molar-refractivity contribution in [2.75, 3.05) is 32.1 Å². The summed E-state index contributed by atoms with van der Waals surface area (Å²) in [6, 6.07) is 8.01. The third-order valence-electron chi connectivity index (χ3n) is 3.56. The first kappa shape index (κ1) is 15.0. The molecule has 0 spiro atoms. The van der Waals surface area contributed by atoms with Crippen LogP contribution in [0.1, 0.15) is 26.3 Å². The zero-order valence-corrected chi connectivity index (χ0v) is 12.8. The van der Waals surface area contributed by atoms with E-state index in [2.05, 4.69) is 37.1 Å². The third-order valence-corrected chi connectivity index (χ3v) is 3.56. The number of nitrogens with zero attached hydrogens (tertiary/aromatic N) is 1. The zero-order valence-electron chi connectivity index (χ0n) is 12.8. The van der Waals surface area contributed by atoms with E-state index in [1.54, 1.807) is 0 Å². The van der Waals surface area contributed by atoms with Gasteiger partial charge in [0.25, 0.3) is 5.91 Å². The number of anilines is 1. The van der Waals surface area contributed by atoms with Gasteiger partial charge in [0, 0.05) is 18.8 Å². The van der Waals surface area contributed by atoms with Crippen LogP contribution in [0, 0.1) is 0 Å². The second-order valence-corrected chi connectivity index (χ2v) is 6.44. The largest absolute Gasteiger partial charge is 0.366 e. The number of likely N-dealkylation sites (N-methyl/N-ethyl adjacent to an activating group) is 1. The Morgan fingerprint density at radius 2 is 2.15 bits per heavy atom. The van der Waals surface area contributed by atoms with Crippen molar-refractivity contribution in [2.45, 2.75) is 32.3 Å². The summed E-state index contributed by atoms with van der Waals surface area (Å²) >= 11 is 0.